The van der Waals surface area contributed by atoms with Crippen LogP contribution in [0.3, 0.4) is 0 Å². The second-order valence-electron chi connectivity index (χ2n) is 12.8. The predicted octanol–water partition coefficient (Wildman–Crippen LogP) is 4.93. The van der Waals surface area contributed by atoms with Crippen molar-refractivity contribution in [3.8, 4) is 11.5 Å². The molecule has 1 N–H and O–H groups in total. The van der Waals surface area contributed by atoms with Crippen molar-refractivity contribution < 1.29 is 28.6 Å². The monoisotopic (exact) mass is 619 g/mol. The van der Waals surface area contributed by atoms with Gasteiger partial charge in [0.2, 0.25) is 17.7 Å². The lowest BCUT2D eigenvalue weighted by Crippen LogP contribution is -2.53. The second-order valence-corrected chi connectivity index (χ2v) is 12.8. The van der Waals surface area contributed by atoms with Crippen molar-refractivity contribution >= 4 is 17.7 Å². The van der Waals surface area contributed by atoms with E-state index in [4.69, 9.17) is 14.2 Å². The van der Waals surface area contributed by atoms with Gasteiger partial charge >= 0.3 is 0 Å². The summed E-state index contributed by atoms with van der Waals surface area (Å²) in [4.78, 5) is 44.1. The first-order chi connectivity index (χ1) is 21.9. The van der Waals surface area contributed by atoms with Crippen molar-refractivity contribution in [2.75, 3.05) is 53.6 Å². The van der Waals surface area contributed by atoms with Gasteiger partial charge in [-0.25, -0.2) is 0 Å². The Labute approximate surface area is 267 Å². The van der Waals surface area contributed by atoms with Crippen molar-refractivity contribution in [1.29, 1.82) is 0 Å². The Hall–Kier alpha value is -3.59. The van der Waals surface area contributed by atoms with Crippen LogP contribution in [0.2, 0.25) is 0 Å². The Morgan fingerprint density at radius 2 is 1.73 bits per heavy atom. The van der Waals surface area contributed by atoms with E-state index in [1.165, 1.54) is 5.56 Å². The van der Waals surface area contributed by atoms with Crippen LogP contribution in [-0.4, -0.2) is 81.1 Å². The summed E-state index contributed by atoms with van der Waals surface area (Å²) in [6.07, 6.45) is 7.71. The Morgan fingerprint density at radius 1 is 0.956 bits per heavy atom. The highest BCUT2D eigenvalue weighted by molar-refractivity contribution is 5.85. The molecule has 3 heterocycles. The maximum atomic E-state index is 14.3. The number of likely N-dealkylation sites (tertiary alicyclic amines) is 2. The Kier molecular flexibility index (Phi) is 11.4. The SMILES string of the molecule is COCCN1C(=O)CC[C@@H](C(=O)N2CCC3(CCCCc4ccccc4OCCCC(=O)NC3)CC2)[C@@H]1c1ccccc1OC. The molecule has 2 fully saturated rings. The van der Waals surface area contributed by atoms with Gasteiger partial charge in [-0.3, -0.25) is 14.4 Å². The number of para-hydroxylation sites is 2. The van der Waals surface area contributed by atoms with Crippen LogP contribution in [0.4, 0.5) is 0 Å². The molecule has 3 amide bonds. The van der Waals surface area contributed by atoms with Crippen molar-refractivity contribution in [3.05, 3.63) is 59.7 Å². The van der Waals surface area contributed by atoms with Gasteiger partial charge in [-0.1, -0.05) is 42.8 Å². The summed E-state index contributed by atoms with van der Waals surface area (Å²) in [6.45, 7) is 3.27. The van der Waals surface area contributed by atoms with E-state index in [1.807, 2.05) is 46.2 Å². The molecule has 244 valence electrons. The number of amides is 3. The maximum Gasteiger partial charge on any atom is 0.228 e. The average molecular weight is 620 g/mol. The molecule has 9 nitrogen and oxygen atoms in total. The first-order valence-electron chi connectivity index (χ1n) is 16.6. The number of carbonyl (C=O) groups is 3. The topological polar surface area (TPSA) is 97.4 Å². The molecule has 0 saturated carbocycles. The number of ether oxygens (including phenoxy) is 3. The lowest BCUT2D eigenvalue weighted by molar-refractivity contribution is -0.150. The number of aryl methyl sites for hydroxylation is 1. The molecule has 0 aromatic heterocycles. The number of benzene rings is 2. The van der Waals surface area contributed by atoms with Gasteiger partial charge in [-0.15, -0.1) is 0 Å². The van der Waals surface area contributed by atoms with Gasteiger partial charge in [-0.2, -0.15) is 0 Å². The van der Waals surface area contributed by atoms with Gasteiger partial charge in [0.1, 0.15) is 11.5 Å². The number of fused-ring (bicyclic) bond motifs is 1. The largest absolute Gasteiger partial charge is 0.496 e. The van der Waals surface area contributed by atoms with Crippen LogP contribution >= 0.6 is 0 Å². The maximum absolute atomic E-state index is 14.3. The summed E-state index contributed by atoms with van der Waals surface area (Å²) in [5.74, 6) is 1.43. The van der Waals surface area contributed by atoms with Crippen LogP contribution in [0, 0.1) is 11.3 Å². The van der Waals surface area contributed by atoms with Crippen LogP contribution in [0.15, 0.2) is 48.5 Å². The van der Waals surface area contributed by atoms with Gasteiger partial charge in [0.05, 0.1) is 32.3 Å². The summed E-state index contributed by atoms with van der Waals surface area (Å²) in [7, 11) is 3.25. The van der Waals surface area contributed by atoms with Crippen molar-refractivity contribution in [3.63, 3.8) is 0 Å². The summed E-state index contributed by atoms with van der Waals surface area (Å²) in [5.41, 5.74) is 2.04. The molecule has 0 radical (unpaired) electrons. The number of nitrogens with one attached hydrogen (secondary N) is 1. The van der Waals surface area contributed by atoms with E-state index in [0.717, 1.165) is 49.8 Å². The molecule has 2 atom stereocenters. The molecule has 3 aliphatic heterocycles. The van der Waals surface area contributed by atoms with E-state index in [2.05, 4.69) is 17.4 Å². The number of piperidine rings is 2. The molecule has 45 heavy (non-hydrogen) atoms. The Bertz CT molecular complexity index is 1310. The standard InChI is InChI=1S/C36H49N3O6/c1-43-25-23-39-33(41)17-16-29(34(39)28-12-4-6-14-31(28)44-2)35(42)38-21-19-36(20-22-38)18-8-7-11-27-10-3-5-13-30(27)45-24-9-15-32(40)37-26-36/h3-6,10,12-14,29,34H,7-9,11,15-26H2,1-2H3,(H,37,40)/t29-,34+/m1/s1. The highest BCUT2D eigenvalue weighted by Crippen LogP contribution is 2.43. The Balaban J connectivity index is 1.30. The van der Waals surface area contributed by atoms with Gasteiger partial charge in [0.15, 0.2) is 0 Å². The highest BCUT2D eigenvalue weighted by atomic mass is 16.5. The van der Waals surface area contributed by atoms with Crippen molar-refractivity contribution in [1.82, 2.24) is 15.1 Å². The smallest absolute Gasteiger partial charge is 0.228 e. The van der Waals surface area contributed by atoms with Gasteiger partial charge in [-0.05, 0) is 68.1 Å². The molecule has 2 saturated heterocycles. The van der Waals surface area contributed by atoms with Gasteiger partial charge in [0.25, 0.3) is 0 Å². The minimum Gasteiger partial charge on any atom is -0.496 e. The van der Waals surface area contributed by atoms with Crippen LogP contribution in [-0.2, 0) is 25.5 Å². The fourth-order valence-electron chi connectivity index (χ4n) is 7.37. The third-order valence-electron chi connectivity index (χ3n) is 10.00. The molecule has 0 aliphatic carbocycles. The van der Waals surface area contributed by atoms with E-state index in [9.17, 15) is 14.4 Å². The van der Waals surface area contributed by atoms with Crippen molar-refractivity contribution in [2.45, 2.75) is 70.3 Å². The number of hydrogen-bond acceptors (Lipinski definition) is 6. The zero-order chi connectivity index (χ0) is 31.6. The molecular weight excluding hydrogens is 570 g/mol. The average Bonchev–Trinajstić information content (AvgIpc) is 3.07. The van der Waals surface area contributed by atoms with E-state index >= 15 is 0 Å². The second kappa shape index (κ2) is 15.6. The van der Waals surface area contributed by atoms with E-state index in [-0.39, 0.29) is 29.1 Å². The Morgan fingerprint density at radius 3 is 2.53 bits per heavy atom. The molecule has 9 heteroatoms. The van der Waals surface area contributed by atoms with Crippen LogP contribution < -0.4 is 14.8 Å². The molecule has 0 bridgehead atoms. The zero-order valence-electron chi connectivity index (χ0n) is 26.9. The van der Waals surface area contributed by atoms with Crippen molar-refractivity contribution in [2.24, 2.45) is 11.3 Å². The van der Waals surface area contributed by atoms with E-state index in [0.29, 0.717) is 70.8 Å². The highest BCUT2D eigenvalue weighted by Gasteiger charge is 2.45. The molecule has 2 aromatic rings. The van der Waals surface area contributed by atoms with Crippen LogP contribution in [0.5, 0.6) is 11.5 Å². The molecule has 3 aliphatic rings. The summed E-state index contributed by atoms with van der Waals surface area (Å²) >= 11 is 0. The summed E-state index contributed by atoms with van der Waals surface area (Å²) in [6, 6.07) is 15.5. The molecular formula is C36H49N3O6. The van der Waals surface area contributed by atoms with E-state index < -0.39 is 6.04 Å². The number of methoxy groups -OCH3 is 2. The van der Waals surface area contributed by atoms with Crippen LogP contribution in [0.1, 0.15) is 75.0 Å². The first-order valence-corrected chi connectivity index (χ1v) is 16.6. The third-order valence-corrected chi connectivity index (χ3v) is 10.00. The van der Waals surface area contributed by atoms with E-state index in [1.54, 1.807) is 14.2 Å². The van der Waals surface area contributed by atoms with Crippen LogP contribution in [0.25, 0.3) is 0 Å². The minimum atomic E-state index is -0.415. The number of nitrogens with zero attached hydrogens (tertiary/aromatic N) is 2. The molecule has 1 spiro atoms. The third kappa shape index (κ3) is 7.98. The quantitative estimate of drug-likeness (QED) is 0.493. The fourth-order valence-corrected chi connectivity index (χ4v) is 7.37. The summed E-state index contributed by atoms with van der Waals surface area (Å²) in [5, 5.41) is 3.23. The fraction of sp³-hybridized carbons (Fsp3) is 0.583. The van der Waals surface area contributed by atoms with Gasteiger partial charge in [0, 0.05) is 51.7 Å². The number of carbonyl (C=O) groups excluding carboxylic acids is 3. The first kappa shape index (κ1) is 32.8. The zero-order valence-corrected chi connectivity index (χ0v) is 26.9. The predicted molar refractivity (Wildman–Crippen MR) is 172 cm³/mol. The normalized spacial score (nSPS) is 23.0. The minimum absolute atomic E-state index is 0.0363. The summed E-state index contributed by atoms with van der Waals surface area (Å²) < 4.78 is 17.0. The lowest BCUT2D eigenvalue weighted by Gasteiger charge is -2.46. The van der Waals surface area contributed by atoms with Gasteiger partial charge < -0.3 is 29.3 Å². The molecule has 5 rings (SSSR count). The molecule has 0 unspecified atom stereocenters. The molecule has 2 aromatic carbocycles. The number of rotatable bonds is 6. The number of hydrogen-bond donors (Lipinski definition) is 1. The lowest BCUT2D eigenvalue weighted by atomic mass is 9.73.